The van der Waals surface area contributed by atoms with Crippen molar-refractivity contribution < 1.29 is 17.9 Å². The van der Waals surface area contributed by atoms with E-state index in [1.807, 2.05) is 38.1 Å². The summed E-state index contributed by atoms with van der Waals surface area (Å²) >= 11 is 0. The van der Waals surface area contributed by atoms with Crippen LogP contribution in [0, 0.1) is 0 Å². The third-order valence-electron chi connectivity index (χ3n) is 6.26. The Kier molecular flexibility index (Phi) is 8.88. The SMILES string of the molecule is CCN(CC)C(=O)c1ccc(S(=O)(=O)NC[C@H](c2ccccc2OC)N2CCCCC2)cc1. The predicted molar refractivity (Wildman–Crippen MR) is 130 cm³/mol. The number of hydrogen-bond donors (Lipinski definition) is 1. The molecule has 0 aromatic heterocycles. The zero-order valence-electron chi connectivity index (χ0n) is 19.8. The van der Waals surface area contributed by atoms with Gasteiger partial charge in [0.25, 0.3) is 5.91 Å². The van der Waals surface area contributed by atoms with Crippen LogP contribution >= 0.6 is 0 Å². The number of hydrogen-bond acceptors (Lipinski definition) is 5. The van der Waals surface area contributed by atoms with Crippen LogP contribution in [0.3, 0.4) is 0 Å². The van der Waals surface area contributed by atoms with Gasteiger partial charge < -0.3 is 9.64 Å². The lowest BCUT2D eigenvalue weighted by Crippen LogP contribution is -2.40. The van der Waals surface area contributed by atoms with Gasteiger partial charge in [0.2, 0.25) is 10.0 Å². The maximum Gasteiger partial charge on any atom is 0.253 e. The number of carbonyl (C=O) groups excluding carboxylic acids is 1. The van der Waals surface area contributed by atoms with Gasteiger partial charge in [-0.05, 0) is 70.1 Å². The normalized spacial score (nSPS) is 15.7. The number of amides is 1. The van der Waals surface area contributed by atoms with E-state index in [2.05, 4.69) is 9.62 Å². The number of benzene rings is 2. The summed E-state index contributed by atoms with van der Waals surface area (Å²) < 4.78 is 34.5. The molecule has 0 saturated carbocycles. The van der Waals surface area contributed by atoms with Gasteiger partial charge in [-0.3, -0.25) is 9.69 Å². The van der Waals surface area contributed by atoms with Crippen LogP contribution in [-0.2, 0) is 10.0 Å². The highest BCUT2D eigenvalue weighted by molar-refractivity contribution is 7.89. The second-order valence-corrected chi connectivity index (χ2v) is 9.98. The topological polar surface area (TPSA) is 79.0 Å². The Morgan fingerprint density at radius 2 is 1.67 bits per heavy atom. The van der Waals surface area contributed by atoms with Crippen LogP contribution < -0.4 is 9.46 Å². The standard InChI is InChI=1S/C25H35N3O4S/c1-4-27(5-2)25(29)20-13-15-21(16-14-20)33(30,31)26-19-23(28-17-9-6-10-18-28)22-11-7-8-12-24(22)32-3/h7-8,11-16,23,26H,4-6,9-10,17-19H2,1-3H3/t23-/m1/s1. The summed E-state index contributed by atoms with van der Waals surface area (Å²) in [6, 6.07) is 13.8. The molecular weight excluding hydrogens is 438 g/mol. The summed E-state index contributed by atoms with van der Waals surface area (Å²) in [6.45, 7) is 7.15. The molecule has 3 rings (SSSR count). The average molecular weight is 474 g/mol. The monoisotopic (exact) mass is 473 g/mol. The highest BCUT2D eigenvalue weighted by Gasteiger charge is 2.27. The Balaban J connectivity index is 1.78. The molecule has 7 nitrogen and oxygen atoms in total. The third-order valence-corrected chi connectivity index (χ3v) is 7.70. The van der Waals surface area contributed by atoms with Crippen LogP contribution in [0.4, 0.5) is 0 Å². The Bertz CT molecular complexity index is 1010. The van der Waals surface area contributed by atoms with Gasteiger partial charge in [-0.1, -0.05) is 24.6 Å². The smallest absolute Gasteiger partial charge is 0.253 e. The summed E-state index contributed by atoms with van der Waals surface area (Å²) in [5.74, 6) is 0.657. The van der Waals surface area contributed by atoms with Gasteiger partial charge in [0.05, 0.1) is 18.0 Å². The number of ether oxygens (including phenoxy) is 1. The molecule has 2 aromatic rings. The van der Waals surface area contributed by atoms with Gasteiger partial charge in [0.1, 0.15) is 5.75 Å². The van der Waals surface area contributed by atoms with Crippen molar-refractivity contribution in [2.24, 2.45) is 0 Å². The van der Waals surface area contributed by atoms with E-state index in [-0.39, 0.29) is 23.4 Å². The predicted octanol–water partition coefficient (Wildman–Crippen LogP) is 3.68. The van der Waals surface area contributed by atoms with Crippen molar-refractivity contribution in [3.63, 3.8) is 0 Å². The molecular formula is C25H35N3O4S. The molecule has 1 atom stereocenters. The highest BCUT2D eigenvalue weighted by atomic mass is 32.2. The van der Waals surface area contributed by atoms with E-state index in [4.69, 9.17) is 4.74 Å². The number of carbonyl (C=O) groups is 1. The Morgan fingerprint density at radius 1 is 1.03 bits per heavy atom. The molecule has 0 aliphatic carbocycles. The zero-order valence-corrected chi connectivity index (χ0v) is 20.6. The second kappa shape index (κ2) is 11.6. The zero-order chi connectivity index (χ0) is 23.8. The van der Waals surface area contributed by atoms with Crippen molar-refractivity contribution >= 4 is 15.9 Å². The van der Waals surface area contributed by atoms with Crippen molar-refractivity contribution in [3.05, 3.63) is 59.7 Å². The number of para-hydroxylation sites is 1. The first-order valence-electron chi connectivity index (χ1n) is 11.7. The van der Waals surface area contributed by atoms with E-state index in [0.29, 0.717) is 18.7 Å². The number of sulfonamides is 1. The van der Waals surface area contributed by atoms with Crippen molar-refractivity contribution in [1.82, 2.24) is 14.5 Å². The number of piperidine rings is 1. The van der Waals surface area contributed by atoms with Crippen LogP contribution in [-0.4, -0.2) is 64.0 Å². The van der Waals surface area contributed by atoms with Gasteiger partial charge in [-0.15, -0.1) is 0 Å². The highest BCUT2D eigenvalue weighted by Crippen LogP contribution is 2.31. The van der Waals surface area contributed by atoms with Crippen LogP contribution in [0.1, 0.15) is 55.1 Å². The minimum Gasteiger partial charge on any atom is -0.496 e. The molecule has 1 heterocycles. The molecule has 1 saturated heterocycles. The molecule has 2 aromatic carbocycles. The Labute approximate surface area is 197 Å². The fourth-order valence-corrected chi connectivity index (χ4v) is 5.39. The van der Waals surface area contributed by atoms with Crippen molar-refractivity contribution in [2.75, 3.05) is 39.8 Å². The fraction of sp³-hybridized carbons (Fsp3) is 0.480. The largest absolute Gasteiger partial charge is 0.496 e. The summed E-state index contributed by atoms with van der Waals surface area (Å²) in [6.07, 6.45) is 3.39. The molecule has 33 heavy (non-hydrogen) atoms. The molecule has 0 unspecified atom stereocenters. The maximum atomic E-state index is 13.1. The maximum absolute atomic E-state index is 13.1. The number of nitrogens with one attached hydrogen (secondary N) is 1. The molecule has 1 amide bonds. The van der Waals surface area contributed by atoms with Crippen LogP contribution in [0.5, 0.6) is 5.75 Å². The van der Waals surface area contributed by atoms with Gasteiger partial charge in [0.15, 0.2) is 0 Å². The number of nitrogens with zero attached hydrogens (tertiary/aromatic N) is 2. The van der Waals surface area contributed by atoms with Crippen molar-refractivity contribution in [3.8, 4) is 5.75 Å². The van der Waals surface area contributed by atoms with E-state index in [9.17, 15) is 13.2 Å². The van der Waals surface area contributed by atoms with Crippen molar-refractivity contribution in [1.29, 1.82) is 0 Å². The third kappa shape index (κ3) is 6.13. The van der Waals surface area contributed by atoms with Crippen LogP contribution in [0.15, 0.2) is 53.4 Å². The quantitative estimate of drug-likeness (QED) is 0.569. The second-order valence-electron chi connectivity index (χ2n) is 8.21. The fourth-order valence-electron chi connectivity index (χ4n) is 4.35. The molecule has 1 N–H and O–H groups in total. The summed E-state index contributed by atoms with van der Waals surface area (Å²) in [4.78, 5) is 16.7. The first-order valence-corrected chi connectivity index (χ1v) is 13.2. The van der Waals surface area contributed by atoms with E-state index < -0.39 is 10.0 Å². The first kappa shape index (κ1) is 25.2. The summed E-state index contributed by atoms with van der Waals surface area (Å²) in [5, 5.41) is 0. The molecule has 180 valence electrons. The van der Waals surface area contributed by atoms with Gasteiger partial charge in [-0.2, -0.15) is 0 Å². The molecule has 0 radical (unpaired) electrons. The van der Waals surface area contributed by atoms with Gasteiger partial charge in [-0.25, -0.2) is 13.1 Å². The molecule has 0 bridgehead atoms. The van der Waals surface area contributed by atoms with E-state index in [0.717, 1.165) is 37.2 Å². The van der Waals surface area contributed by atoms with E-state index in [1.165, 1.54) is 18.6 Å². The van der Waals surface area contributed by atoms with E-state index >= 15 is 0 Å². The number of methoxy groups -OCH3 is 1. The summed E-state index contributed by atoms with van der Waals surface area (Å²) in [7, 11) is -2.10. The van der Waals surface area contributed by atoms with Crippen molar-refractivity contribution in [2.45, 2.75) is 44.0 Å². The minimum absolute atomic E-state index is 0.0988. The Morgan fingerprint density at radius 3 is 2.27 bits per heavy atom. The molecule has 8 heteroatoms. The Hall–Kier alpha value is -2.42. The average Bonchev–Trinajstić information content (AvgIpc) is 2.86. The van der Waals surface area contributed by atoms with Gasteiger partial charge in [0, 0.05) is 30.8 Å². The van der Waals surface area contributed by atoms with E-state index in [1.54, 1.807) is 24.1 Å². The lowest BCUT2D eigenvalue weighted by molar-refractivity contribution is 0.0773. The molecule has 1 aliphatic heterocycles. The number of rotatable bonds is 10. The lowest BCUT2D eigenvalue weighted by Gasteiger charge is -2.35. The number of likely N-dealkylation sites (tertiary alicyclic amines) is 1. The molecule has 1 aliphatic rings. The van der Waals surface area contributed by atoms with Gasteiger partial charge >= 0.3 is 0 Å². The summed E-state index contributed by atoms with van der Waals surface area (Å²) in [5.41, 5.74) is 1.46. The van der Waals surface area contributed by atoms with Crippen LogP contribution in [0.25, 0.3) is 0 Å². The molecule has 0 spiro atoms. The minimum atomic E-state index is -3.74. The lowest BCUT2D eigenvalue weighted by atomic mass is 10.0. The first-order chi connectivity index (χ1) is 15.9. The molecule has 1 fully saturated rings. The van der Waals surface area contributed by atoms with Crippen LogP contribution in [0.2, 0.25) is 0 Å².